The maximum Gasteiger partial charge on any atom is 0.219 e. The molecule has 1 N–H and O–H groups in total. The predicted octanol–water partition coefficient (Wildman–Crippen LogP) is 0.608. The summed E-state index contributed by atoms with van der Waals surface area (Å²) in [5.74, 6) is 0.119. The topological polar surface area (TPSA) is 53.9 Å². The summed E-state index contributed by atoms with van der Waals surface area (Å²) in [5, 5.41) is 7.27. The lowest BCUT2D eigenvalue weighted by atomic mass is 10.1. The van der Waals surface area contributed by atoms with Crippen molar-refractivity contribution in [2.24, 2.45) is 5.16 Å². The maximum absolute atomic E-state index is 11.3. The molecular formula is C11H21N3O2. The molecule has 0 saturated carbocycles. The first kappa shape index (κ1) is 13.0. The number of hydrogen-bond acceptors (Lipinski definition) is 4. The number of nitrogens with one attached hydrogen (secondary N) is 1. The van der Waals surface area contributed by atoms with Gasteiger partial charge in [0, 0.05) is 26.1 Å². The van der Waals surface area contributed by atoms with Crippen LogP contribution in [0, 0.1) is 0 Å². The molecule has 1 aliphatic rings. The molecule has 5 heteroatoms. The highest BCUT2D eigenvalue weighted by molar-refractivity contribution is 5.78. The Morgan fingerprint density at radius 2 is 2.12 bits per heavy atom. The van der Waals surface area contributed by atoms with E-state index in [-0.39, 0.29) is 11.9 Å². The van der Waals surface area contributed by atoms with Gasteiger partial charge in [0.05, 0.1) is 11.8 Å². The zero-order valence-corrected chi connectivity index (χ0v) is 10.5. The maximum atomic E-state index is 11.3. The molecule has 92 valence electrons. The SMILES string of the molecule is CC(=O)N1C[C@H](CON=C(C)C)N[C@H](C)C1. The summed E-state index contributed by atoms with van der Waals surface area (Å²) in [7, 11) is 0. The van der Waals surface area contributed by atoms with Gasteiger partial charge in [-0.2, -0.15) is 0 Å². The highest BCUT2D eigenvalue weighted by Crippen LogP contribution is 2.05. The van der Waals surface area contributed by atoms with Crippen molar-refractivity contribution in [3.63, 3.8) is 0 Å². The van der Waals surface area contributed by atoms with Crippen LogP contribution in [0.5, 0.6) is 0 Å². The summed E-state index contributed by atoms with van der Waals surface area (Å²) >= 11 is 0. The van der Waals surface area contributed by atoms with Gasteiger partial charge in [-0.3, -0.25) is 4.79 Å². The van der Waals surface area contributed by atoms with Crippen LogP contribution in [0.15, 0.2) is 5.16 Å². The lowest BCUT2D eigenvalue weighted by Gasteiger charge is -2.36. The Labute approximate surface area is 96.8 Å². The number of oxime groups is 1. The second-order valence-corrected chi connectivity index (χ2v) is 4.52. The Morgan fingerprint density at radius 3 is 2.69 bits per heavy atom. The van der Waals surface area contributed by atoms with Gasteiger partial charge in [0.2, 0.25) is 5.91 Å². The molecule has 2 atom stereocenters. The highest BCUT2D eigenvalue weighted by atomic mass is 16.6. The van der Waals surface area contributed by atoms with Crippen molar-refractivity contribution in [2.45, 2.75) is 39.8 Å². The van der Waals surface area contributed by atoms with Gasteiger partial charge in [-0.15, -0.1) is 0 Å². The molecule has 0 aromatic rings. The average molecular weight is 227 g/mol. The van der Waals surface area contributed by atoms with Crippen molar-refractivity contribution >= 4 is 11.6 Å². The third-order valence-corrected chi connectivity index (χ3v) is 2.42. The molecule has 1 rings (SSSR count). The van der Waals surface area contributed by atoms with Crippen molar-refractivity contribution in [3.8, 4) is 0 Å². The quantitative estimate of drug-likeness (QED) is 0.567. The van der Waals surface area contributed by atoms with Gasteiger partial charge >= 0.3 is 0 Å². The van der Waals surface area contributed by atoms with E-state index in [1.807, 2.05) is 18.7 Å². The lowest BCUT2D eigenvalue weighted by molar-refractivity contribution is -0.131. The van der Waals surface area contributed by atoms with E-state index in [4.69, 9.17) is 4.84 Å². The molecule has 0 radical (unpaired) electrons. The molecule has 5 nitrogen and oxygen atoms in total. The second-order valence-electron chi connectivity index (χ2n) is 4.52. The molecule has 0 aromatic carbocycles. The molecule has 0 spiro atoms. The number of piperazine rings is 1. The summed E-state index contributed by atoms with van der Waals surface area (Å²) in [6.07, 6.45) is 0. The number of rotatable bonds is 3. The van der Waals surface area contributed by atoms with Gasteiger partial charge in [-0.05, 0) is 20.8 Å². The smallest absolute Gasteiger partial charge is 0.219 e. The molecule has 0 bridgehead atoms. The van der Waals surface area contributed by atoms with Crippen LogP contribution in [0.2, 0.25) is 0 Å². The summed E-state index contributed by atoms with van der Waals surface area (Å²) in [5.41, 5.74) is 0.896. The molecule has 1 aliphatic heterocycles. The van der Waals surface area contributed by atoms with Crippen molar-refractivity contribution in [1.29, 1.82) is 0 Å². The van der Waals surface area contributed by atoms with Crippen molar-refractivity contribution in [1.82, 2.24) is 10.2 Å². The number of carbonyl (C=O) groups excluding carboxylic acids is 1. The number of amides is 1. The highest BCUT2D eigenvalue weighted by Gasteiger charge is 2.25. The van der Waals surface area contributed by atoms with Gasteiger partial charge < -0.3 is 15.1 Å². The van der Waals surface area contributed by atoms with Gasteiger partial charge in [0.1, 0.15) is 6.61 Å². The molecule has 16 heavy (non-hydrogen) atoms. The first-order chi connectivity index (χ1) is 7.49. The fourth-order valence-electron chi connectivity index (χ4n) is 1.79. The van der Waals surface area contributed by atoms with E-state index in [9.17, 15) is 4.79 Å². The summed E-state index contributed by atoms with van der Waals surface area (Å²) in [6, 6.07) is 0.466. The fraction of sp³-hybridized carbons (Fsp3) is 0.818. The molecule has 1 saturated heterocycles. The molecular weight excluding hydrogens is 206 g/mol. The van der Waals surface area contributed by atoms with Gasteiger partial charge in [0.15, 0.2) is 0 Å². The Morgan fingerprint density at radius 1 is 1.44 bits per heavy atom. The van der Waals surface area contributed by atoms with Crippen LogP contribution >= 0.6 is 0 Å². The first-order valence-electron chi connectivity index (χ1n) is 5.63. The van der Waals surface area contributed by atoms with Crippen LogP contribution in [0.3, 0.4) is 0 Å². The third kappa shape index (κ3) is 4.18. The standard InChI is InChI=1S/C11H21N3O2/c1-8(2)13-16-7-11-6-14(10(4)15)5-9(3)12-11/h9,11-12H,5-7H2,1-4H3/t9-,11-/m1/s1. The Bertz CT molecular complexity index is 274. The van der Waals surface area contributed by atoms with Gasteiger partial charge in [-0.1, -0.05) is 5.16 Å². The molecule has 1 amide bonds. The molecule has 1 heterocycles. The minimum atomic E-state index is 0.119. The number of nitrogens with zero attached hydrogens (tertiary/aromatic N) is 2. The van der Waals surface area contributed by atoms with E-state index < -0.39 is 0 Å². The number of carbonyl (C=O) groups is 1. The van der Waals surface area contributed by atoms with Crippen molar-refractivity contribution < 1.29 is 9.63 Å². The molecule has 1 fully saturated rings. The molecule has 0 aromatic heterocycles. The summed E-state index contributed by atoms with van der Waals surface area (Å²) in [4.78, 5) is 18.3. The van der Waals surface area contributed by atoms with E-state index in [1.165, 1.54) is 0 Å². The third-order valence-electron chi connectivity index (χ3n) is 2.42. The van der Waals surface area contributed by atoms with Crippen molar-refractivity contribution in [2.75, 3.05) is 19.7 Å². The van der Waals surface area contributed by atoms with Gasteiger partial charge in [0.25, 0.3) is 0 Å². The Kier molecular flexibility index (Phi) is 4.73. The second kappa shape index (κ2) is 5.84. The van der Waals surface area contributed by atoms with E-state index in [0.29, 0.717) is 19.2 Å². The monoisotopic (exact) mass is 227 g/mol. The molecule has 0 unspecified atom stereocenters. The molecule has 0 aliphatic carbocycles. The minimum Gasteiger partial charge on any atom is -0.394 e. The van der Waals surface area contributed by atoms with E-state index in [0.717, 1.165) is 12.3 Å². The van der Waals surface area contributed by atoms with E-state index in [2.05, 4.69) is 17.4 Å². The predicted molar refractivity (Wildman–Crippen MR) is 63.4 cm³/mol. The van der Waals surface area contributed by atoms with Gasteiger partial charge in [-0.25, -0.2) is 0 Å². The summed E-state index contributed by atoms with van der Waals surface area (Å²) < 4.78 is 0. The largest absolute Gasteiger partial charge is 0.394 e. The van der Waals surface area contributed by atoms with E-state index >= 15 is 0 Å². The van der Waals surface area contributed by atoms with Crippen LogP contribution in [-0.4, -0.2) is 48.3 Å². The first-order valence-corrected chi connectivity index (χ1v) is 5.63. The number of hydrogen-bond donors (Lipinski definition) is 1. The average Bonchev–Trinajstić information content (AvgIpc) is 2.16. The van der Waals surface area contributed by atoms with Crippen LogP contribution in [-0.2, 0) is 9.63 Å². The zero-order valence-electron chi connectivity index (χ0n) is 10.5. The van der Waals surface area contributed by atoms with E-state index in [1.54, 1.807) is 6.92 Å². The summed E-state index contributed by atoms with van der Waals surface area (Å²) in [6.45, 7) is 9.40. The van der Waals surface area contributed by atoms with Crippen LogP contribution in [0.4, 0.5) is 0 Å². The minimum absolute atomic E-state index is 0.119. The Balaban J connectivity index is 2.41. The van der Waals surface area contributed by atoms with Crippen LogP contribution < -0.4 is 5.32 Å². The lowest BCUT2D eigenvalue weighted by Crippen LogP contribution is -2.57. The van der Waals surface area contributed by atoms with Crippen LogP contribution in [0.1, 0.15) is 27.7 Å². The van der Waals surface area contributed by atoms with Crippen LogP contribution in [0.25, 0.3) is 0 Å². The van der Waals surface area contributed by atoms with Crippen molar-refractivity contribution in [3.05, 3.63) is 0 Å². The fourth-order valence-corrected chi connectivity index (χ4v) is 1.79. The zero-order chi connectivity index (χ0) is 12.1. The normalized spacial score (nSPS) is 25.1. The Hall–Kier alpha value is -1.10.